The number of aromatic nitrogens is 6. The number of hydrogen-bond acceptors (Lipinski definition) is 4. The van der Waals surface area contributed by atoms with Crippen molar-refractivity contribution in [1.29, 1.82) is 0 Å². The number of benzene rings is 13. The monoisotopic (exact) mass is 1410 g/mol. The topological polar surface area (TPSA) is 66.6 Å². The van der Waals surface area contributed by atoms with E-state index >= 15 is 0 Å². The molecule has 0 spiro atoms. The molecule has 455 valence electrons. The van der Waals surface area contributed by atoms with Gasteiger partial charge in [-0.15, -0.1) is 35.9 Å². The van der Waals surface area contributed by atoms with E-state index in [4.69, 9.17) is 9.40 Å². The summed E-state index contributed by atoms with van der Waals surface area (Å²) in [4.78, 5) is 13.6. The third kappa shape index (κ3) is 9.40. The zero-order valence-electron chi connectivity index (χ0n) is 51.8. The Morgan fingerprint density at radius 1 is 0.333 bits per heavy atom. The van der Waals surface area contributed by atoms with Crippen molar-refractivity contribution in [2.45, 2.75) is 5.41 Å². The second-order valence-corrected chi connectivity index (χ2v) is 24.1. The number of fused-ring (bicyclic) bond motifs is 15. The molecule has 0 bridgehead atoms. The molecule has 6 aromatic heterocycles. The van der Waals surface area contributed by atoms with Gasteiger partial charge in [-0.1, -0.05) is 224 Å². The van der Waals surface area contributed by atoms with Crippen molar-refractivity contribution in [2.24, 2.45) is 0 Å². The van der Waals surface area contributed by atoms with Gasteiger partial charge in [0.1, 0.15) is 17.4 Å². The minimum atomic E-state index is -0.400. The first-order chi connectivity index (χ1) is 47.2. The summed E-state index contributed by atoms with van der Waals surface area (Å²) in [6.45, 7) is 0. The van der Waals surface area contributed by atoms with Gasteiger partial charge in [0.05, 0.1) is 38.5 Å². The van der Waals surface area contributed by atoms with Crippen LogP contribution in [0.4, 0.5) is 0 Å². The Kier molecular flexibility index (Phi) is 14.5. The van der Waals surface area contributed by atoms with Crippen LogP contribution in [0, 0.1) is 6.07 Å². The second kappa shape index (κ2) is 24.1. The van der Waals surface area contributed by atoms with Gasteiger partial charge in [-0.3, -0.25) is 4.57 Å². The molecule has 6 heterocycles. The molecule has 0 saturated carbocycles. The number of nitrogens with zero attached hydrogens (tertiary/aromatic N) is 6. The van der Waals surface area contributed by atoms with Crippen molar-refractivity contribution < 1.29 is 24.5 Å². The first-order valence-corrected chi connectivity index (χ1v) is 32.1. The molecule has 1 radical (unpaired) electrons. The van der Waals surface area contributed by atoms with Crippen LogP contribution in [0.25, 0.3) is 138 Å². The molecule has 7 nitrogen and oxygen atoms in total. The third-order valence-corrected chi connectivity index (χ3v) is 19.0. The molecule has 19 aromatic rings. The predicted octanol–water partition coefficient (Wildman–Crippen LogP) is 21.9. The van der Waals surface area contributed by atoms with Gasteiger partial charge >= 0.3 is 0 Å². The molecule has 0 atom stereocenters. The van der Waals surface area contributed by atoms with E-state index in [0.717, 1.165) is 61.4 Å². The van der Waals surface area contributed by atoms with E-state index in [1.54, 1.807) is 12.5 Å². The third-order valence-electron chi connectivity index (χ3n) is 19.0. The Hall–Kier alpha value is -12.1. The van der Waals surface area contributed by atoms with Crippen LogP contribution in [0.2, 0.25) is 0 Å². The van der Waals surface area contributed by atoms with Gasteiger partial charge < -0.3 is 18.5 Å². The van der Waals surface area contributed by atoms with Crippen molar-refractivity contribution in [3.05, 3.63) is 374 Å². The molecular weight excluding hydrogens is 1350 g/mol. The second-order valence-electron chi connectivity index (χ2n) is 24.1. The Labute approximate surface area is 567 Å². The molecule has 1 aliphatic rings. The van der Waals surface area contributed by atoms with Gasteiger partial charge in [0.2, 0.25) is 0 Å². The summed E-state index contributed by atoms with van der Waals surface area (Å²) in [5.74, 6) is 0.737. The minimum Gasteiger partial charge on any atom is -0.450 e. The molecule has 0 fully saturated rings. The quantitative estimate of drug-likeness (QED) is 0.149. The first kappa shape index (κ1) is 57.8. The summed E-state index contributed by atoms with van der Waals surface area (Å²) in [5.41, 5.74) is 23.4. The summed E-state index contributed by atoms with van der Waals surface area (Å²) >= 11 is 0. The molecule has 0 N–H and O–H groups in total. The van der Waals surface area contributed by atoms with Crippen LogP contribution in [-0.2, 0) is 25.5 Å². The molecule has 0 amide bonds. The largest absolute Gasteiger partial charge is 0.450 e. The maximum absolute atomic E-state index is 6.40. The standard InChI is InChI=1S/C40H24N4O.C37H25N.C11H8N.Ir/c1-2-10-27(11-3-1)43-33-15-7-5-13-29(33)32-22-25(19-21-35(32)43)26-18-20-30-28-12-4-8-16-34(28)44(36(30)23-26)40-39-38(41-24-42-40)31-14-6-9-17-37(31)45-39;1-2-13-26(14-3-1)37(33-21-8-4-17-29(33)30-18-5-9-22-34(30)37)27-15-12-16-28(25-27)38-35-23-10-6-19-31(35)32-20-7-11-24-36(32)38;1-2-6-10(7-3-1)11-8-4-5-9-12-11;/h1-24H;1-25H;1-6,8-9H;/q;;-1;. The summed E-state index contributed by atoms with van der Waals surface area (Å²) < 4.78 is 13.4. The maximum Gasteiger partial charge on any atom is 0.197 e. The number of hydrogen-bond donors (Lipinski definition) is 0. The Balaban J connectivity index is 0.000000124. The summed E-state index contributed by atoms with van der Waals surface area (Å²) in [7, 11) is 0. The van der Waals surface area contributed by atoms with Crippen LogP contribution in [0.1, 0.15) is 22.3 Å². The van der Waals surface area contributed by atoms with Crippen LogP contribution < -0.4 is 0 Å². The molecule has 0 unspecified atom stereocenters. The van der Waals surface area contributed by atoms with Crippen LogP contribution >= 0.6 is 0 Å². The summed E-state index contributed by atoms with van der Waals surface area (Å²) in [5, 5.41) is 8.35. The molecule has 96 heavy (non-hydrogen) atoms. The van der Waals surface area contributed by atoms with Gasteiger partial charge in [-0.2, -0.15) is 0 Å². The van der Waals surface area contributed by atoms with Crippen LogP contribution in [0.3, 0.4) is 0 Å². The van der Waals surface area contributed by atoms with E-state index in [1.165, 1.54) is 93.5 Å². The van der Waals surface area contributed by atoms with Crippen molar-refractivity contribution in [2.75, 3.05) is 0 Å². The predicted molar refractivity (Wildman–Crippen MR) is 390 cm³/mol. The maximum atomic E-state index is 6.40. The zero-order valence-corrected chi connectivity index (χ0v) is 54.2. The van der Waals surface area contributed by atoms with Gasteiger partial charge in [-0.25, -0.2) is 9.97 Å². The fourth-order valence-corrected chi connectivity index (χ4v) is 14.9. The molecular formula is C88H57IrN6O-. The number of furan rings is 1. The van der Waals surface area contributed by atoms with Gasteiger partial charge in [0.15, 0.2) is 11.4 Å². The SMILES string of the molecule is [Ir].[c-]1ccccc1-c1ccccn1.c1ccc(-n2c3ccccc3c3cc(-c4ccc5c6ccccc6n(-c6ncnc7c6oc6ccccc67)c5c4)ccc32)cc1.c1ccc(C2(c3cccc(-n4c5ccccc5c5ccccc54)c3)c3ccccc3-c3ccccc32)cc1. The van der Waals surface area contributed by atoms with E-state index in [9.17, 15) is 0 Å². The van der Waals surface area contributed by atoms with Crippen LogP contribution in [0.15, 0.2) is 351 Å². The first-order valence-electron chi connectivity index (χ1n) is 32.1. The van der Waals surface area contributed by atoms with E-state index in [1.807, 2.05) is 66.7 Å². The number of pyridine rings is 1. The fourth-order valence-electron chi connectivity index (χ4n) is 14.9. The number of para-hydroxylation sites is 6. The molecule has 20 rings (SSSR count). The minimum absolute atomic E-state index is 0. The van der Waals surface area contributed by atoms with Gasteiger partial charge in [0.25, 0.3) is 0 Å². The van der Waals surface area contributed by atoms with Crippen molar-refractivity contribution in [3.8, 4) is 50.7 Å². The van der Waals surface area contributed by atoms with Crippen LogP contribution in [0.5, 0.6) is 0 Å². The Morgan fingerprint density at radius 2 is 0.844 bits per heavy atom. The molecule has 1 aliphatic carbocycles. The van der Waals surface area contributed by atoms with E-state index < -0.39 is 5.41 Å². The van der Waals surface area contributed by atoms with E-state index in [0.29, 0.717) is 5.58 Å². The van der Waals surface area contributed by atoms with Crippen molar-refractivity contribution in [1.82, 2.24) is 28.7 Å². The van der Waals surface area contributed by atoms with E-state index in [-0.39, 0.29) is 20.1 Å². The zero-order chi connectivity index (χ0) is 62.8. The molecule has 0 aliphatic heterocycles. The van der Waals surface area contributed by atoms with Crippen molar-refractivity contribution in [3.63, 3.8) is 0 Å². The summed E-state index contributed by atoms with van der Waals surface area (Å²) in [6.07, 6.45) is 3.43. The van der Waals surface area contributed by atoms with Crippen LogP contribution in [-0.4, -0.2) is 28.7 Å². The summed E-state index contributed by atoms with van der Waals surface area (Å²) in [6, 6.07) is 122. The van der Waals surface area contributed by atoms with Crippen molar-refractivity contribution >= 4 is 87.5 Å². The van der Waals surface area contributed by atoms with Gasteiger partial charge in [0, 0.05) is 75.4 Å². The molecule has 8 heteroatoms. The van der Waals surface area contributed by atoms with Gasteiger partial charge in [-0.05, 0) is 135 Å². The molecule has 0 saturated heterocycles. The van der Waals surface area contributed by atoms with E-state index in [2.05, 4.69) is 297 Å². The average Bonchev–Trinajstić information content (AvgIpc) is 1.52. The smallest absolute Gasteiger partial charge is 0.197 e. The average molecular weight is 1410 g/mol. The molecule has 13 aromatic carbocycles. The fraction of sp³-hybridized carbons (Fsp3) is 0.0114. The normalized spacial score (nSPS) is 12.2. The Morgan fingerprint density at radius 3 is 1.50 bits per heavy atom. The number of rotatable bonds is 7. The Bertz CT molecular complexity index is 5980.